The Morgan fingerprint density at radius 2 is 1.85 bits per heavy atom. The summed E-state index contributed by atoms with van der Waals surface area (Å²) in [6.07, 6.45) is 0.250. The minimum absolute atomic E-state index is 0.0161. The van der Waals surface area contributed by atoms with Crippen LogP contribution in [0.3, 0.4) is 0 Å². The minimum atomic E-state index is -3.94. The molecule has 1 atom stereocenters. The average Bonchev–Trinajstić information content (AvgIpc) is 2.62. The molecule has 0 saturated heterocycles. The molecule has 0 aromatic heterocycles. The van der Waals surface area contributed by atoms with Crippen LogP contribution in [-0.2, 0) is 21.2 Å². The summed E-state index contributed by atoms with van der Waals surface area (Å²) in [6, 6.07) is 13.2. The van der Waals surface area contributed by atoms with Crippen LogP contribution in [0.5, 0.6) is 5.75 Å². The van der Waals surface area contributed by atoms with Crippen LogP contribution in [0.1, 0.15) is 18.1 Å². The second-order valence-corrected chi connectivity index (χ2v) is 7.59. The van der Waals surface area contributed by atoms with Gasteiger partial charge in [-0.25, -0.2) is 8.42 Å². The van der Waals surface area contributed by atoms with Crippen molar-refractivity contribution in [3.63, 3.8) is 0 Å². The zero-order chi connectivity index (χ0) is 19.2. The Morgan fingerprint density at radius 1 is 1.15 bits per heavy atom. The van der Waals surface area contributed by atoms with Crippen molar-refractivity contribution < 1.29 is 17.9 Å². The molecule has 0 aliphatic heterocycles. The zero-order valence-electron chi connectivity index (χ0n) is 15.2. The molecule has 2 aromatic carbocycles. The van der Waals surface area contributed by atoms with Crippen LogP contribution in [0.25, 0.3) is 0 Å². The quantitative estimate of drug-likeness (QED) is 0.738. The van der Waals surface area contributed by atoms with E-state index < -0.39 is 16.1 Å². The van der Waals surface area contributed by atoms with Crippen LogP contribution < -0.4 is 14.8 Å². The van der Waals surface area contributed by atoms with Crippen molar-refractivity contribution in [1.29, 1.82) is 0 Å². The summed E-state index contributed by atoms with van der Waals surface area (Å²) >= 11 is 0. The monoisotopic (exact) mass is 376 g/mol. The molecule has 0 unspecified atom stereocenters. The molecule has 2 rings (SSSR count). The molecule has 0 heterocycles. The summed E-state index contributed by atoms with van der Waals surface area (Å²) in [5.74, 6) is -0.135. The molecule has 2 N–H and O–H groups in total. The van der Waals surface area contributed by atoms with E-state index in [4.69, 9.17) is 4.74 Å². The molecule has 26 heavy (non-hydrogen) atoms. The SMILES string of the molecule is CCNC(=O)[C@H](Cc1ccccc1)NS(=O)(=O)c1cc(C)ccc1OC. The molecule has 0 radical (unpaired) electrons. The number of nitrogens with one attached hydrogen (secondary N) is 2. The van der Waals surface area contributed by atoms with E-state index in [9.17, 15) is 13.2 Å². The lowest BCUT2D eigenvalue weighted by Crippen LogP contribution is -2.47. The van der Waals surface area contributed by atoms with Crippen molar-refractivity contribution >= 4 is 15.9 Å². The molecule has 0 aliphatic rings. The maximum atomic E-state index is 12.9. The van der Waals surface area contributed by atoms with E-state index in [1.165, 1.54) is 13.2 Å². The third kappa shape index (κ3) is 5.06. The number of carbonyl (C=O) groups is 1. The normalized spacial score (nSPS) is 12.4. The van der Waals surface area contributed by atoms with Gasteiger partial charge in [-0.15, -0.1) is 0 Å². The molecule has 0 aliphatic carbocycles. The first kappa shape index (κ1) is 19.9. The summed E-state index contributed by atoms with van der Waals surface area (Å²) in [6.45, 7) is 4.00. The van der Waals surface area contributed by atoms with Crippen molar-refractivity contribution in [2.45, 2.75) is 31.2 Å². The number of carbonyl (C=O) groups excluding carboxylic acids is 1. The molecule has 6 nitrogen and oxygen atoms in total. The first-order valence-electron chi connectivity index (χ1n) is 8.36. The van der Waals surface area contributed by atoms with Gasteiger partial charge in [0.2, 0.25) is 15.9 Å². The van der Waals surface area contributed by atoms with Crippen molar-refractivity contribution in [2.75, 3.05) is 13.7 Å². The molecule has 0 spiro atoms. The smallest absolute Gasteiger partial charge is 0.244 e. The molecule has 0 fully saturated rings. The Balaban J connectivity index is 2.34. The van der Waals surface area contributed by atoms with E-state index in [1.807, 2.05) is 30.3 Å². The highest BCUT2D eigenvalue weighted by Crippen LogP contribution is 2.25. The summed E-state index contributed by atoms with van der Waals surface area (Å²) in [5, 5.41) is 2.68. The second kappa shape index (κ2) is 8.82. The largest absolute Gasteiger partial charge is 0.495 e. The number of methoxy groups -OCH3 is 1. The fourth-order valence-corrected chi connectivity index (χ4v) is 4.03. The van der Waals surface area contributed by atoms with E-state index in [0.29, 0.717) is 6.54 Å². The average molecular weight is 376 g/mol. The van der Waals surface area contributed by atoms with Gasteiger partial charge >= 0.3 is 0 Å². The van der Waals surface area contributed by atoms with Crippen LogP contribution in [0.15, 0.2) is 53.4 Å². The number of benzene rings is 2. The van der Waals surface area contributed by atoms with Crippen molar-refractivity contribution in [3.05, 3.63) is 59.7 Å². The number of sulfonamides is 1. The Hall–Kier alpha value is -2.38. The molecule has 0 bridgehead atoms. The van der Waals surface area contributed by atoms with Gasteiger partial charge in [0, 0.05) is 6.54 Å². The maximum Gasteiger partial charge on any atom is 0.244 e. The Bertz CT molecular complexity index is 851. The number of aryl methyl sites for hydroxylation is 1. The van der Waals surface area contributed by atoms with Crippen molar-refractivity contribution in [3.8, 4) is 5.75 Å². The molecule has 1 amide bonds. The number of hydrogen-bond donors (Lipinski definition) is 2. The number of amides is 1. The van der Waals surface area contributed by atoms with Crippen LogP contribution in [0, 0.1) is 6.92 Å². The number of hydrogen-bond acceptors (Lipinski definition) is 4. The fourth-order valence-electron chi connectivity index (χ4n) is 2.58. The topological polar surface area (TPSA) is 84.5 Å². The summed E-state index contributed by atoms with van der Waals surface area (Å²) in [4.78, 5) is 12.4. The molecule has 140 valence electrons. The highest BCUT2D eigenvalue weighted by atomic mass is 32.2. The first-order chi connectivity index (χ1) is 12.4. The molecule has 2 aromatic rings. The van der Waals surface area contributed by atoms with E-state index >= 15 is 0 Å². The number of ether oxygens (including phenoxy) is 1. The van der Waals surface area contributed by atoms with Crippen LogP contribution >= 0.6 is 0 Å². The van der Waals surface area contributed by atoms with E-state index in [2.05, 4.69) is 10.0 Å². The highest BCUT2D eigenvalue weighted by molar-refractivity contribution is 7.89. The Labute approximate surface area is 154 Å². The fraction of sp³-hybridized carbons (Fsp3) is 0.316. The van der Waals surface area contributed by atoms with E-state index in [-0.39, 0.29) is 23.0 Å². The van der Waals surface area contributed by atoms with Crippen molar-refractivity contribution in [1.82, 2.24) is 10.0 Å². The van der Waals surface area contributed by atoms with Gasteiger partial charge in [-0.3, -0.25) is 4.79 Å². The summed E-state index contributed by atoms with van der Waals surface area (Å²) < 4.78 is 33.5. The van der Waals surface area contributed by atoms with Crippen molar-refractivity contribution in [2.24, 2.45) is 0 Å². The molecular formula is C19H24N2O4S. The predicted octanol–water partition coefficient (Wildman–Crippen LogP) is 2.03. The molecular weight excluding hydrogens is 352 g/mol. The number of likely N-dealkylation sites (N-methyl/N-ethyl adjacent to an activating group) is 1. The second-order valence-electron chi connectivity index (χ2n) is 5.91. The van der Waals surface area contributed by atoms with Gasteiger partial charge in [0.1, 0.15) is 16.7 Å². The van der Waals surface area contributed by atoms with E-state index in [0.717, 1.165) is 11.1 Å². The van der Waals surface area contributed by atoms with Crippen LogP contribution in [0.4, 0.5) is 0 Å². The summed E-state index contributed by atoms with van der Waals surface area (Å²) in [7, 11) is -2.53. The lowest BCUT2D eigenvalue weighted by Gasteiger charge is -2.19. The van der Waals surface area contributed by atoms with Gasteiger partial charge in [-0.05, 0) is 43.5 Å². The maximum absolute atomic E-state index is 12.9. The summed E-state index contributed by atoms with van der Waals surface area (Å²) in [5.41, 5.74) is 1.64. The molecule has 7 heteroatoms. The van der Waals surface area contributed by atoms with Gasteiger partial charge in [-0.1, -0.05) is 36.4 Å². The van der Waals surface area contributed by atoms with Gasteiger partial charge < -0.3 is 10.1 Å². The van der Waals surface area contributed by atoms with Crippen LogP contribution in [0.2, 0.25) is 0 Å². The highest BCUT2D eigenvalue weighted by Gasteiger charge is 2.28. The standard InChI is InChI=1S/C19H24N2O4S/c1-4-20-19(22)16(13-15-8-6-5-7-9-15)21-26(23,24)18-12-14(2)10-11-17(18)25-3/h5-12,16,21H,4,13H2,1-3H3,(H,20,22)/t16-/m0/s1. The van der Waals surface area contributed by atoms with Gasteiger partial charge in [0.15, 0.2) is 0 Å². The third-order valence-corrected chi connectivity index (χ3v) is 5.35. The Kier molecular flexibility index (Phi) is 6.76. The van der Waals surface area contributed by atoms with E-state index in [1.54, 1.807) is 26.0 Å². The Morgan fingerprint density at radius 3 is 2.46 bits per heavy atom. The third-order valence-electron chi connectivity index (χ3n) is 3.86. The number of rotatable bonds is 8. The van der Waals surface area contributed by atoms with Crippen LogP contribution in [-0.4, -0.2) is 34.0 Å². The minimum Gasteiger partial charge on any atom is -0.495 e. The first-order valence-corrected chi connectivity index (χ1v) is 9.84. The predicted molar refractivity (Wildman–Crippen MR) is 101 cm³/mol. The van der Waals surface area contributed by atoms with Gasteiger partial charge in [0.25, 0.3) is 0 Å². The van der Waals surface area contributed by atoms with Gasteiger partial charge in [-0.2, -0.15) is 4.72 Å². The lowest BCUT2D eigenvalue weighted by atomic mass is 10.1. The van der Waals surface area contributed by atoms with Gasteiger partial charge in [0.05, 0.1) is 7.11 Å². The zero-order valence-corrected chi connectivity index (χ0v) is 16.0. The molecule has 0 saturated carbocycles. The lowest BCUT2D eigenvalue weighted by molar-refractivity contribution is -0.122.